The molecule has 0 aromatic carbocycles. The zero-order chi connectivity index (χ0) is 14.7. The van der Waals surface area contributed by atoms with Gasteiger partial charge in [0.15, 0.2) is 11.6 Å². The number of nitrogens with one attached hydrogen (secondary N) is 1. The Balaban J connectivity index is 1.76. The molecule has 0 aliphatic carbocycles. The fourth-order valence-corrected chi connectivity index (χ4v) is 1.92. The van der Waals surface area contributed by atoms with Crippen molar-refractivity contribution in [3.63, 3.8) is 0 Å². The van der Waals surface area contributed by atoms with Crippen LogP contribution in [0.4, 0.5) is 10.2 Å². The third-order valence-electron chi connectivity index (χ3n) is 2.95. The lowest BCUT2D eigenvalue weighted by molar-refractivity contribution is 0.616. The maximum absolute atomic E-state index is 13.4. The Morgan fingerprint density at radius 1 is 1.29 bits per heavy atom. The van der Waals surface area contributed by atoms with Gasteiger partial charge in [-0.3, -0.25) is 9.67 Å². The molecule has 3 aromatic rings. The topological polar surface area (TPSA) is 68.5 Å². The predicted molar refractivity (Wildman–Crippen MR) is 75.8 cm³/mol. The number of hydrogen-bond acceptors (Lipinski definition) is 5. The van der Waals surface area contributed by atoms with E-state index in [-0.39, 0.29) is 5.82 Å². The van der Waals surface area contributed by atoms with Crippen LogP contribution >= 0.6 is 0 Å². The van der Waals surface area contributed by atoms with Gasteiger partial charge in [-0.05, 0) is 17.7 Å². The highest BCUT2D eigenvalue weighted by molar-refractivity contribution is 5.57. The van der Waals surface area contributed by atoms with E-state index in [1.165, 1.54) is 6.33 Å². The van der Waals surface area contributed by atoms with Crippen LogP contribution in [-0.2, 0) is 13.6 Å². The molecule has 3 rings (SSSR count). The molecule has 1 N–H and O–H groups in total. The Bertz CT molecular complexity index is 754. The van der Waals surface area contributed by atoms with E-state index < -0.39 is 5.82 Å². The molecule has 0 atom stereocenters. The van der Waals surface area contributed by atoms with Crippen LogP contribution in [-0.4, -0.2) is 24.7 Å². The summed E-state index contributed by atoms with van der Waals surface area (Å²) in [4.78, 5) is 11.8. The summed E-state index contributed by atoms with van der Waals surface area (Å²) >= 11 is 0. The molecule has 0 aliphatic heterocycles. The third-order valence-corrected chi connectivity index (χ3v) is 2.95. The minimum atomic E-state index is -0.473. The van der Waals surface area contributed by atoms with Gasteiger partial charge < -0.3 is 5.32 Å². The minimum absolute atomic E-state index is 0.185. The summed E-state index contributed by atoms with van der Waals surface area (Å²) in [6, 6.07) is 3.80. The fraction of sp³-hybridized carbons (Fsp3) is 0.143. The van der Waals surface area contributed by atoms with Crippen LogP contribution in [0.2, 0.25) is 0 Å². The number of pyridine rings is 1. The summed E-state index contributed by atoms with van der Waals surface area (Å²) in [5, 5.41) is 7.06. The molecular formula is C14H13FN6. The molecule has 0 aliphatic rings. The van der Waals surface area contributed by atoms with E-state index >= 15 is 0 Å². The first kappa shape index (κ1) is 13.2. The van der Waals surface area contributed by atoms with Crippen molar-refractivity contribution in [2.45, 2.75) is 6.54 Å². The highest BCUT2D eigenvalue weighted by Gasteiger charge is 2.05. The first-order valence-corrected chi connectivity index (χ1v) is 6.36. The van der Waals surface area contributed by atoms with Gasteiger partial charge in [0.25, 0.3) is 0 Å². The minimum Gasteiger partial charge on any atom is -0.363 e. The number of anilines is 1. The SMILES string of the molecule is Cn1cc(-c2cc(CNc3ncncc3F)ccn2)cn1. The first-order valence-electron chi connectivity index (χ1n) is 6.36. The van der Waals surface area contributed by atoms with Crippen LogP contribution in [0.15, 0.2) is 43.2 Å². The molecular weight excluding hydrogens is 271 g/mol. The van der Waals surface area contributed by atoms with Gasteiger partial charge >= 0.3 is 0 Å². The van der Waals surface area contributed by atoms with E-state index in [1.807, 2.05) is 25.4 Å². The summed E-state index contributed by atoms with van der Waals surface area (Å²) in [5.74, 6) is -0.288. The molecule has 0 unspecified atom stereocenters. The smallest absolute Gasteiger partial charge is 0.183 e. The summed E-state index contributed by atoms with van der Waals surface area (Å²) in [5.41, 5.74) is 2.74. The van der Waals surface area contributed by atoms with Crippen molar-refractivity contribution in [2.24, 2.45) is 7.05 Å². The van der Waals surface area contributed by atoms with E-state index in [0.717, 1.165) is 23.0 Å². The van der Waals surface area contributed by atoms with E-state index in [2.05, 4.69) is 25.4 Å². The molecule has 0 radical (unpaired) electrons. The highest BCUT2D eigenvalue weighted by Crippen LogP contribution is 2.17. The van der Waals surface area contributed by atoms with Crippen LogP contribution in [0.3, 0.4) is 0 Å². The van der Waals surface area contributed by atoms with E-state index in [0.29, 0.717) is 6.54 Å². The Hall–Kier alpha value is -2.83. The lowest BCUT2D eigenvalue weighted by Gasteiger charge is -2.07. The van der Waals surface area contributed by atoms with Gasteiger partial charge in [0.05, 0.1) is 18.1 Å². The van der Waals surface area contributed by atoms with Crippen molar-refractivity contribution in [2.75, 3.05) is 5.32 Å². The van der Waals surface area contributed by atoms with Gasteiger partial charge in [0, 0.05) is 31.5 Å². The Morgan fingerprint density at radius 2 is 2.19 bits per heavy atom. The maximum atomic E-state index is 13.4. The number of aryl methyl sites for hydroxylation is 1. The van der Waals surface area contributed by atoms with Gasteiger partial charge in [0.2, 0.25) is 0 Å². The van der Waals surface area contributed by atoms with Crippen LogP contribution in [0.25, 0.3) is 11.3 Å². The summed E-state index contributed by atoms with van der Waals surface area (Å²) in [7, 11) is 1.85. The van der Waals surface area contributed by atoms with Crippen molar-refractivity contribution >= 4 is 5.82 Å². The monoisotopic (exact) mass is 284 g/mol. The number of rotatable bonds is 4. The number of aromatic nitrogens is 5. The molecule has 7 heteroatoms. The van der Waals surface area contributed by atoms with Crippen LogP contribution in [0.5, 0.6) is 0 Å². The van der Waals surface area contributed by atoms with E-state index in [4.69, 9.17) is 0 Å². The largest absolute Gasteiger partial charge is 0.363 e. The molecule has 0 amide bonds. The summed E-state index contributed by atoms with van der Waals surface area (Å²) < 4.78 is 15.1. The second kappa shape index (κ2) is 5.66. The third kappa shape index (κ3) is 3.02. The predicted octanol–water partition coefficient (Wildman–Crippen LogP) is 2.02. The number of nitrogens with zero attached hydrogens (tertiary/aromatic N) is 5. The molecule has 6 nitrogen and oxygen atoms in total. The lowest BCUT2D eigenvalue weighted by atomic mass is 10.1. The van der Waals surface area contributed by atoms with Crippen molar-refractivity contribution in [3.05, 3.63) is 54.6 Å². The molecule has 106 valence electrons. The van der Waals surface area contributed by atoms with Crippen LogP contribution in [0, 0.1) is 5.82 Å². The average molecular weight is 284 g/mol. The van der Waals surface area contributed by atoms with Gasteiger partial charge in [-0.1, -0.05) is 0 Å². The number of halogens is 1. The average Bonchev–Trinajstić information content (AvgIpc) is 2.93. The standard InChI is InChI=1S/C14H13FN6/c1-21-8-11(6-20-21)13-4-10(2-3-17-13)5-18-14-12(15)7-16-9-19-14/h2-4,6-9H,5H2,1H3,(H,16,18,19). The summed E-state index contributed by atoms with van der Waals surface area (Å²) in [6.07, 6.45) is 7.80. The Morgan fingerprint density at radius 3 is 2.95 bits per heavy atom. The maximum Gasteiger partial charge on any atom is 0.183 e. The van der Waals surface area contributed by atoms with Crippen LogP contribution in [0.1, 0.15) is 5.56 Å². The Kier molecular flexibility index (Phi) is 3.55. The second-order valence-electron chi connectivity index (χ2n) is 4.52. The zero-order valence-corrected chi connectivity index (χ0v) is 11.4. The van der Waals surface area contributed by atoms with Crippen molar-refractivity contribution < 1.29 is 4.39 Å². The van der Waals surface area contributed by atoms with Crippen molar-refractivity contribution in [1.29, 1.82) is 0 Å². The lowest BCUT2D eigenvalue weighted by Crippen LogP contribution is -2.04. The van der Waals surface area contributed by atoms with Crippen molar-refractivity contribution in [1.82, 2.24) is 24.7 Å². The molecule has 0 saturated carbocycles. The molecule has 0 fully saturated rings. The normalized spacial score (nSPS) is 10.6. The van der Waals surface area contributed by atoms with Crippen molar-refractivity contribution in [3.8, 4) is 11.3 Å². The highest BCUT2D eigenvalue weighted by atomic mass is 19.1. The Labute approximate surface area is 120 Å². The zero-order valence-electron chi connectivity index (χ0n) is 11.4. The molecule has 0 spiro atoms. The fourth-order valence-electron chi connectivity index (χ4n) is 1.92. The first-order chi connectivity index (χ1) is 10.2. The molecule has 0 bridgehead atoms. The number of hydrogen-bond donors (Lipinski definition) is 1. The second-order valence-corrected chi connectivity index (χ2v) is 4.52. The van der Waals surface area contributed by atoms with Gasteiger partial charge in [-0.2, -0.15) is 5.10 Å². The van der Waals surface area contributed by atoms with Gasteiger partial charge in [-0.25, -0.2) is 14.4 Å². The van der Waals surface area contributed by atoms with Gasteiger partial charge in [0.1, 0.15) is 6.33 Å². The van der Waals surface area contributed by atoms with E-state index in [9.17, 15) is 4.39 Å². The quantitative estimate of drug-likeness (QED) is 0.794. The van der Waals surface area contributed by atoms with Crippen LogP contribution < -0.4 is 5.32 Å². The van der Waals surface area contributed by atoms with Gasteiger partial charge in [-0.15, -0.1) is 0 Å². The molecule has 3 aromatic heterocycles. The summed E-state index contributed by atoms with van der Waals surface area (Å²) in [6.45, 7) is 0.448. The van der Waals surface area contributed by atoms with E-state index in [1.54, 1.807) is 17.1 Å². The molecule has 21 heavy (non-hydrogen) atoms. The molecule has 3 heterocycles. The molecule has 0 saturated heterocycles.